The summed E-state index contributed by atoms with van der Waals surface area (Å²) in [5.41, 5.74) is 7.67. The van der Waals surface area contributed by atoms with E-state index in [9.17, 15) is 4.79 Å². The van der Waals surface area contributed by atoms with Crippen LogP contribution in [0.3, 0.4) is 0 Å². The molecule has 0 radical (unpaired) electrons. The first kappa shape index (κ1) is 14.1. The Morgan fingerprint density at radius 1 is 1.24 bits per heavy atom. The van der Waals surface area contributed by atoms with Gasteiger partial charge in [0.2, 0.25) is 0 Å². The molecule has 2 N–H and O–H groups in total. The monoisotopic (exact) mass is 301 g/mol. The van der Waals surface area contributed by atoms with Crippen LogP contribution in [0.15, 0.2) is 41.8 Å². The van der Waals surface area contributed by atoms with Crippen LogP contribution >= 0.6 is 11.3 Å². The SMILES string of the molecule is CN1CCN(C(=O)c2sccc2N)C(c2ccccc2)C1. The van der Waals surface area contributed by atoms with Crippen molar-refractivity contribution in [2.24, 2.45) is 0 Å². The van der Waals surface area contributed by atoms with Gasteiger partial charge in [-0.3, -0.25) is 4.79 Å². The van der Waals surface area contributed by atoms with Crippen molar-refractivity contribution < 1.29 is 4.79 Å². The molecule has 1 aromatic heterocycles. The second-order valence-corrected chi connectivity index (χ2v) is 6.31. The van der Waals surface area contributed by atoms with E-state index in [-0.39, 0.29) is 11.9 Å². The van der Waals surface area contributed by atoms with Crippen LogP contribution in [0.2, 0.25) is 0 Å². The molecule has 0 bridgehead atoms. The van der Waals surface area contributed by atoms with Gasteiger partial charge in [0, 0.05) is 19.6 Å². The van der Waals surface area contributed by atoms with E-state index in [1.165, 1.54) is 16.9 Å². The number of anilines is 1. The predicted molar refractivity (Wildman–Crippen MR) is 86.4 cm³/mol. The number of piperazine rings is 1. The molecule has 21 heavy (non-hydrogen) atoms. The maximum absolute atomic E-state index is 12.8. The molecule has 0 aliphatic carbocycles. The number of carbonyl (C=O) groups is 1. The molecule has 1 aliphatic heterocycles. The minimum atomic E-state index is 0.0458. The zero-order valence-corrected chi connectivity index (χ0v) is 12.8. The summed E-state index contributed by atoms with van der Waals surface area (Å²) < 4.78 is 0. The zero-order valence-electron chi connectivity index (χ0n) is 12.0. The molecule has 3 rings (SSSR count). The molecule has 2 aromatic rings. The van der Waals surface area contributed by atoms with Gasteiger partial charge in [-0.1, -0.05) is 30.3 Å². The highest BCUT2D eigenvalue weighted by Crippen LogP contribution is 2.29. The zero-order chi connectivity index (χ0) is 14.8. The number of nitrogens with zero attached hydrogens (tertiary/aromatic N) is 2. The Kier molecular flexibility index (Phi) is 3.94. The predicted octanol–water partition coefficient (Wildman–Crippen LogP) is 2.46. The van der Waals surface area contributed by atoms with Gasteiger partial charge in [-0.15, -0.1) is 11.3 Å². The van der Waals surface area contributed by atoms with Crippen LogP contribution in [0.5, 0.6) is 0 Å². The second kappa shape index (κ2) is 5.87. The van der Waals surface area contributed by atoms with Crippen LogP contribution in [0.4, 0.5) is 5.69 Å². The number of amides is 1. The average molecular weight is 301 g/mol. The number of likely N-dealkylation sites (N-methyl/N-ethyl adjacent to an activating group) is 1. The van der Waals surface area contributed by atoms with Crippen molar-refractivity contribution in [3.8, 4) is 0 Å². The van der Waals surface area contributed by atoms with Gasteiger partial charge in [0.1, 0.15) is 4.88 Å². The van der Waals surface area contributed by atoms with Gasteiger partial charge in [-0.05, 0) is 24.1 Å². The molecule has 0 spiro atoms. The Labute approximate surface area is 128 Å². The summed E-state index contributed by atoms with van der Waals surface area (Å²) in [5, 5.41) is 1.87. The van der Waals surface area contributed by atoms with E-state index >= 15 is 0 Å². The second-order valence-electron chi connectivity index (χ2n) is 5.39. The van der Waals surface area contributed by atoms with E-state index in [0.717, 1.165) is 19.6 Å². The summed E-state index contributed by atoms with van der Waals surface area (Å²) in [6.07, 6.45) is 0. The Hall–Kier alpha value is -1.85. The lowest BCUT2D eigenvalue weighted by molar-refractivity contribution is 0.0504. The number of thiophene rings is 1. The van der Waals surface area contributed by atoms with Gasteiger partial charge in [-0.25, -0.2) is 0 Å². The Morgan fingerprint density at radius 3 is 2.67 bits per heavy atom. The lowest BCUT2D eigenvalue weighted by Crippen LogP contribution is -2.49. The van der Waals surface area contributed by atoms with Crippen molar-refractivity contribution in [2.45, 2.75) is 6.04 Å². The van der Waals surface area contributed by atoms with Crippen LogP contribution in [0.25, 0.3) is 0 Å². The molecule has 1 saturated heterocycles. The fourth-order valence-electron chi connectivity index (χ4n) is 2.75. The molecule has 1 aliphatic rings. The first-order valence-corrected chi connectivity index (χ1v) is 7.92. The number of nitrogen functional groups attached to an aromatic ring is 1. The normalized spacial score (nSPS) is 19.7. The maximum Gasteiger partial charge on any atom is 0.266 e. The van der Waals surface area contributed by atoms with Crippen molar-refractivity contribution >= 4 is 22.9 Å². The largest absolute Gasteiger partial charge is 0.397 e. The minimum Gasteiger partial charge on any atom is -0.397 e. The summed E-state index contributed by atoms with van der Waals surface area (Å²) in [6, 6.07) is 12.1. The summed E-state index contributed by atoms with van der Waals surface area (Å²) in [6.45, 7) is 2.47. The number of rotatable bonds is 2. The summed E-state index contributed by atoms with van der Waals surface area (Å²) in [5.74, 6) is 0.0458. The van der Waals surface area contributed by atoms with E-state index in [2.05, 4.69) is 24.1 Å². The molecule has 0 saturated carbocycles. The molecule has 1 amide bonds. The highest BCUT2D eigenvalue weighted by Gasteiger charge is 2.31. The van der Waals surface area contributed by atoms with Crippen molar-refractivity contribution in [2.75, 3.05) is 32.4 Å². The molecule has 5 heteroatoms. The quantitative estimate of drug-likeness (QED) is 0.927. The Morgan fingerprint density at radius 2 is 2.00 bits per heavy atom. The summed E-state index contributed by atoms with van der Waals surface area (Å²) in [4.78, 5) is 17.7. The lowest BCUT2D eigenvalue weighted by Gasteiger charge is -2.40. The molecule has 1 fully saturated rings. The van der Waals surface area contributed by atoms with Crippen LogP contribution in [-0.4, -0.2) is 42.4 Å². The van der Waals surface area contributed by atoms with Gasteiger partial charge in [-0.2, -0.15) is 0 Å². The Bertz CT molecular complexity index is 625. The third kappa shape index (κ3) is 2.80. The maximum atomic E-state index is 12.8. The minimum absolute atomic E-state index is 0.0458. The van der Waals surface area contributed by atoms with Gasteiger partial charge in [0.15, 0.2) is 0 Å². The lowest BCUT2D eigenvalue weighted by atomic mass is 10.0. The molecular formula is C16H19N3OS. The van der Waals surface area contributed by atoms with Crippen LogP contribution in [0.1, 0.15) is 21.3 Å². The first-order chi connectivity index (χ1) is 10.2. The van der Waals surface area contributed by atoms with E-state index in [0.29, 0.717) is 10.6 Å². The third-order valence-electron chi connectivity index (χ3n) is 3.92. The van der Waals surface area contributed by atoms with Crippen molar-refractivity contribution in [1.82, 2.24) is 9.80 Å². The average Bonchev–Trinajstić information content (AvgIpc) is 2.93. The molecule has 110 valence electrons. The van der Waals surface area contributed by atoms with E-state index < -0.39 is 0 Å². The van der Waals surface area contributed by atoms with Crippen LogP contribution < -0.4 is 5.73 Å². The fourth-order valence-corrected chi connectivity index (χ4v) is 3.52. The molecular weight excluding hydrogens is 282 g/mol. The highest BCUT2D eigenvalue weighted by atomic mass is 32.1. The summed E-state index contributed by atoms with van der Waals surface area (Å²) >= 11 is 1.42. The molecule has 1 aromatic carbocycles. The van der Waals surface area contributed by atoms with Crippen molar-refractivity contribution in [3.63, 3.8) is 0 Å². The van der Waals surface area contributed by atoms with Gasteiger partial charge >= 0.3 is 0 Å². The van der Waals surface area contributed by atoms with Crippen molar-refractivity contribution in [3.05, 3.63) is 52.2 Å². The number of carbonyl (C=O) groups excluding carboxylic acids is 1. The number of hydrogen-bond donors (Lipinski definition) is 1. The topological polar surface area (TPSA) is 49.6 Å². The first-order valence-electron chi connectivity index (χ1n) is 7.04. The van der Waals surface area contributed by atoms with Crippen molar-refractivity contribution in [1.29, 1.82) is 0 Å². The van der Waals surface area contributed by atoms with E-state index in [1.807, 2.05) is 28.5 Å². The number of benzene rings is 1. The van der Waals surface area contributed by atoms with E-state index in [1.54, 1.807) is 6.07 Å². The summed E-state index contributed by atoms with van der Waals surface area (Å²) in [7, 11) is 2.09. The standard InChI is InChI=1S/C16H19N3OS/c1-18-8-9-19(16(20)15-13(17)7-10-21-15)14(11-18)12-5-3-2-4-6-12/h2-7,10,14H,8-9,11,17H2,1H3. The molecule has 2 heterocycles. The molecule has 1 unspecified atom stereocenters. The van der Waals surface area contributed by atoms with Gasteiger partial charge in [0.05, 0.1) is 11.7 Å². The smallest absolute Gasteiger partial charge is 0.266 e. The van der Waals surface area contributed by atoms with Gasteiger partial charge < -0.3 is 15.5 Å². The molecule has 1 atom stereocenters. The third-order valence-corrected chi connectivity index (χ3v) is 4.84. The molecule has 4 nitrogen and oxygen atoms in total. The van der Waals surface area contributed by atoms with Crippen LogP contribution in [-0.2, 0) is 0 Å². The fraction of sp³-hybridized carbons (Fsp3) is 0.312. The van der Waals surface area contributed by atoms with Crippen LogP contribution in [0, 0.1) is 0 Å². The highest BCUT2D eigenvalue weighted by molar-refractivity contribution is 7.12. The van der Waals surface area contributed by atoms with Gasteiger partial charge in [0.25, 0.3) is 5.91 Å². The Balaban J connectivity index is 1.91. The number of hydrogen-bond acceptors (Lipinski definition) is 4. The van der Waals surface area contributed by atoms with E-state index in [4.69, 9.17) is 5.73 Å². The number of nitrogens with two attached hydrogens (primary N) is 1.